The lowest BCUT2D eigenvalue weighted by Gasteiger charge is -2.44. The molecule has 1 heteroatoms. The fourth-order valence-electron chi connectivity index (χ4n) is 12.5. The van der Waals surface area contributed by atoms with Crippen LogP contribution in [0.1, 0.15) is 53.0 Å². The van der Waals surface area contributed by atoms with Gasteiger partial charge in [-0.1, -0.05) is 207 Å². The molecule has 4 aliphatic carbocycles. The van der Waals surface area contributed by atoms with Crippen LogP contribution in [-0.2, 0) is 5.41 Å². The van der Waals surface area contributed by atoms with Crippen molar-refractivity contribution in [2.75, 3.05) is 4.90 Å². The highest BCUT2D eigenvalue weighted by molar-refractivity contribution is 6.13. The van der Waals surface area contributed by atoms with Crippen molar-refractivity contribution in [2.45, 2.75) is 30.6 Å². The van der Waals surface area contributed by atoms with Crippen molar-refractivity contribution in [2.24, 2.45) is 11.8 Å². The molecule has 0 bridgehead atoms. The van der Waals surface area contributed by atoms with Crippen molar-refractivity contribution in [1.82, 2.24) is 0 Å². The van der Waals surface area contributed by atoms with Crippen molar-refractivity contribution < 1.29 is 0 Å². The van der Waals surface area contributed by atoms with Gasteiger partial charge in [0.1, 0.15) is 0 Å². The molecule has 0 heterocycles. The molecule has 0 saturated carbocycles. The molecule has 4 aliphatic rings. The second kappa shape index (κ2) is 15.5. The lowest BCUT2D eigenvalue weighted by molar-refractivity contribution is 0.299. The number of allylic oxidation sites excluding steroid dienone is 7. The molecule has 66 heavy (non-hydrogen) atoms. The van der Waals surface area contributed by atoms with E-state index < -0.39 is 0 Å². The zero-order valence-corrected chi connectivity index (χ0v) is 37.1. The molecule has 5 atom stereocenters. The third kappa shape index (κ3) is 5.93. The number of hydrogen-bond donors (Lipinski definition) is 0. The number of rotatable bonds is 7. The Morgan fingerprint density at radius 1 is 0.485 bits per heavy atom. The van der Waals surface area contributed by atoms with E-state index in [9.17, 15) is 0 Å². The SMILES string of the molecule is CC1c2ccccc2-c2ccc(-c3ccc(N(C4=CC5C(C=C4)c4ccccc4C5(c4ccccc4)C4C=CC=CC4)c4ccc(-c5cc6ccccc6c6ccccc56)cc4)cc3)cc21. The third-order valence-corrected chi connectivity index (χ3v) is 15.5. The van der Waals surface area contributed by atoms with E-state index in [2.05, 4.69) is 255 Å². The second-order valence-electron chi connectivity index (χ2n) is 18.7. The van der Waals surface area contributed by atoms with Crippen LogP contribution in [0.4, 0.5) is 11.4 Å². The van der Waals surface area contributed by atoms with Gasteiger partial charge in [-0.2, -0.15) is 0 Å². The summed E-state index contributed by atoms with van der Waals surface area (Å²) < 4.78 is 0. The number of nitrogens with zero attached hydrogens (tertiary/aromatic N) is 1. The average Bonchev–Trinajstić information content (AvgIpc) is 3.85. The first-order chi connectivity index (χ1) is 32.6. The Labute approximate surface area is 388 Å². The fraction of sp³-hybridized carbons (Fsp3) is 0.108. The maximum atomic E-state index is 2.63. The van der Waals surface area contributed by atoms with Crippen LogP contribution in [0, 0.1) is 11.8 Å². The van der Waals surface area contributed by atoms with Gasteiger partial charge in [-0.3, -0.25) is 0 Å². The van der Waals surface area contributed by atoms with Gasteiger partial charge in [-0.25, -0.2) is 0 Å². The van der Waals surface area contributed by atoms with Crippen LogP contribution in [0.2, 0.25) is 0 Å². The van der Waals surface area contributed by atoms with Gasteiger partial charge in [0.2, 0.25) is 0 Å². The molecule has 9 aromatic rings. The van der Waals surface area contributed by atoms with E-state index in [4.69, 9.17) is 0 Å². The first kappa shape index (κ1) is 38.7. The standard InChI is InChI=1S/C65H49N/c1-43-53-21-10-11-23-55(53)58-38-32-46(40-61(43)58)44-28-33-50(34-29-44)66(51-35-30-45(31-36-51)62-41-47-16-8-9-22-54(47)56-24-12-13-25-57(56)62)52-37-39-60-59-26-14-15-27-63(59)65(64(60)42-52,48-17-4-2-5-18-48)49-19-6-3-7-20-49/h2-19,21-43,49,60,64H,20H2,1H3. The summed E-state index contributed by atoms with van der Waals surface area (Å²) in [6, 6.07) is 75.2. The molecule has 0 saturated heterocycles. The summed E-state index contributed by atoms with van der Waals surface area (Å²) in [6.07, 6.45) is 17.9. The van der Waals surface area contributed by atoms with Gasteiger partial charge >= 0.3 is 0 Å². The van der Waals surface area contributed by atoms with E-state index in [1.165, 1.54) is 88.4 Å². The highest BCUT2D eigenvalue weighted by Crippen LogP contribution is 2.62. The maximum absolute atomic E-state index is 2.63. The van der Waals surface area contributed by atoms with Crippen LogP contribution in [0.15, 0.2) is 248 Å². The molecule has 314 valence electrons. The largest absolute Gasteiger partial charge is 0.311 e. The van der Waals surface area contributed by atoms with E-state index >= 15 is 0 Å². The van der Waals surface area contributed by atoms with Crippen LogP contribution >= 0.6 is 0 Å². The molecule has 1 nitrogen and oxygen atoms in total. The molecule has 0 amide bonds. The Kier molecular flexibility index (Phi) is 9.07. The molecule has 0 radical (unpaired) electrons. The van der Waals surface area contributed by atoms with E-state index in [0.29, 0.717) is 11.8 Å². The summed E-state index contributed by atoms with van der Waals surface area (Å²) in [6.45, 7) is 2.34. The van der Waals surface area contributed by atoms with Gasteiger partial charge in [-0.15, -0.1) is 0 Å². The monoisotopic (exact) mass is 843 g/mol. The minimum atomic E-state index is -0.249. The van der Waals surface area contributed by atoms with Gasteiger partial charge in [0, 0.05) is 40.2 Å². The normalized spacial score (nSPS) is 21.0. The lowest BCUT2D eigenvalue weighted by Crippen LogP contribution is -2.41. The summed E-state index contributed by atoms with van der Waals surface area (Å²) in [5.41, 5.74) is 18.0. The molecule has 0 aliphatic heterocycles. The molecular weight excluding hydrogens is 795 g/mol. The highest BCUT2D eigenvalue weighted by Gasteiger charge is 2.55. The molecule has 9 aromatic carbocycles. The molecule has 0 N–H and O–H groups in total. The lowest BCUT2D eigenvalue weighted by atomic mass is 9.58. The van der Waals surface area contributed by atoms with Crippen molar-refractivity contribution in [3.05, 3.63) is 276 Å². The Balaban J connectivity index is 0.952. The topological polar surface area (TPSA) is 3.24 Å². The van der Waals surface area contributed by atoms with Gasteiger partial charge < -0.3 is 4.90 Å². The van der Waals surface area contributed by atoms with Crippen LogP contribution in [0.25, 0.3) is 54.9 Å². The van der Waals surface area contributed by atoms with Crippen molar-refractivity contribution in [1.29, 1.82) is 0 Å². The quantitative estimate of drug-likeness (QED) is 0.145. The van der Waals surface area contributed by atoms with Gasteiger partial charge in [0.05, 0.1) is 0 Å². The van der Waals surface area contributed by atoms with Crippen molar-refractivity contribution in [3.63, 3.8) is 0 Å². The van der Waals surface area contributed by atoms with E-state index in [-0.39, 0.29) is 17.3 Å². The summed E-state index contributed by atoms with van der Waals surface area (Å²) >= 11 is 0. The van der Waals surface area contributed by atoms with Gasteiger partial charge in [-0.05, 0) is 138 Å². The first-order valence-electron chi connectivity index (χ1n) is 23.7. The van der Waals surface area contributed by atoms with Gasteiger partial charge in [0.15, 0.2) is 0 Å². The molecule has 13 rings (SSSR count). The van der Waals surface area contributed by atoms with Crippen LogP contribution in [0.3, 0.4) is 0 Å². The molecule has 0 aromatic heterocycles. The zero-order valence-electron chi connectivity index (χ0n) is 37.1. The first-order valence-corrected chi connectivity index (χ1v) is 23.7. The van der Waals surface area contributed by atoms with E-state index in [1.54, 1.807) is 0 Å². The van der Waals surface area contributed by atoms with E-state index in [0.717, 1.165) is 17.8 Å². The molecule has 0 fully saturated rings. The van der Waals surface area contributed by atoms with Crippen LogP contribution in [-0.4, -0.2) is 0 Å². The Morgan fingerprint density at radius 2 is 1.14 bits per heavy atom. The van der Waals surface area contributed by atoms with Crippen LogP contribution in [0.5, 0.6) is 0 Å². The summed E-state index contributed by atoms with van der Waals surface area (Å²) in [7, 11) is 0. The number of anilines is 2. The summed E-state index contributed by atoms with van der Waals surface area (Å²) in [4.78, 5) is 2.50. The third-order valence-electron chi connectivity index (χ3n) is 15.5. The second-order valence-corrected chi connectivity index (χ2v) is 18.7. The molecule has 5 unspecified atom stereocenters. The number of hydrogen-bond acceptors (Lipinski definition) is 1. The van der Waals surface area contributed by atoms with Crippen LogP contribution < -0.4 is 4.90 Å². The predicted octanol–water partition coefficient (Wildman–Crippen LogP) is 16.9. The Hall–Kier alpha value is -7.74. The number of fused-ring (bicyclic) bond motifs is 9. The maximum Gasteiger partial charge on any atom is 0.0461 e. The molecular formula is C65H49N. The predicted molar refractivity (Wildman–Crippen MR) is 277 cm³/mol. The van der Waals surface area contributed by atoms with Crippen molar-refractivity contribution >= 4 is 32.9 Å². The summed E-state index contributed by atoms with van der Waals surface area (Å²) in [5.74, 6) is 1.13. The zero-order chi connectivity index (χ0) is 43.8. The highest BCUT2D eigenvalue weighted by atomic mass is 15.1. The molecule has 0 spiro atoms. The Morgan fingerprint density at radius 3 is 1.92 bits per heavy atom. The smallest absolute Gasteiger partial charge is 0.0461 e. The fourth-order valence-corrected chi connectivity index (χ4v) is 12.5. The van der Waals surface area contributed by atoms with Crippen molar-refractivity contribution in [3.8, 4) is 33.4 Å². The van der Waals surface area contributed by atoms with Gasteiger partial charge in [0.25, 0.3) is 0 Å². The minimum Gasteiger partial charge on any atom is -0.311 e. The Bertz CT molecular complexity index is 3480. The number of benzene rings is 9. The van der Waals surface area contributed by atoms with E-state index in [1.807, 2.05) is 0 Å². The summed E-state index contributed by atoms with van der Waals surface area (Å²) in [5, 5.41) is 5.11. The minimum absolute atomic E-state index is 0.195. The average molecular weight is 844 g/mol.